The number of hydrogen-bond acceptors (Lipinski definition) is 4. The monoisotopic (exact) mass is 210 g/mol. The molecule has 2 atom stereocenters. The summed E-state index contributed by atoms with van der Waals surface area (Å²) in [7, 11) is 0. The Morgan fingerprint density at radius 3 is 3.07 bits per heavy atom. The number of pyridine rings is 1. The molecule has 2 rings (SSSR count). The van der Waals surface area contributed by atoms with Gasteiger partial charge in [-0.1, -0.05) is 6.07 Å². The number of carboxylic acid groups (broad SMARTS) is 1. The van der Waals surface area contributed by atoms with Crippen LogP contribution in [0.5, 0.6) is 0 Å². The van der Waals surface area contributed by atoms with Crippen molar-refractivity contribution in [3.05, 3.63) is 30.1 Å². The summed E-state index contributed by atoms with van der Waals surface area (Å²) in [6.45, 7) is 0. The molecule has 0 unspecified atom stereocenters. The van der Waals surface area contributed by atoms with Crippen molar-refractivity contribution in [1.29, 1.82) is 0 Å². The molecule has 1 saturated heterocycles. The van der Waals surface area contributed by atoms with Gasteiger partial charge in [-0.3, -0.25) is 15.1 Å². The fourth-order valence-corrected chi connectivity index (χ4v) is 2.51. The van der Waals surface area contributed by atoms with Crippen LogP contribution in [-0.4, -0.2) is 27.9 Å². The minimum Gasteiger partial charge on any atom is -0.480 e. The second kappa shape index (κ2) is 3.98. The number of aliphatic carboxylic acids is 1. The maximum absolute atomic E-state index is 10.7. The van der Waals surface area contributed by atoms with Crippen molar-refractivity contribution in [2.75, 3.05) is 5.75 Å². The molecule has 1 fully saturated rings. The molecule has 0 bridgehead atoms. The summed E-state index contributed by atoms with van der Waals surface area (Å²) in [6, 6.07) is 5.19. The van der Waals surface area contributed by atoms with Crippen LogP contribution in [0.15, 0.2) is 24.4 Å². The lowest BCUT2D eigenvalue weighted by molar-refractivity contribution is -0.138. The van der Waals surface area contributed by atoms with E-state index in [-0.39, 0.29) is 5.37 Å². The Kier molecular flexibility index (Phi) is 2.69. The van der Waals surface area contributed by atoms with Crippen LogP contribution in [-0.2, 0) is 4.79 Å². The number of nitrogens with one attached hydrogen (secondary N) is 1. The van der Waals surface area contributed by atoms with Gasteiger partial charge in [0.15, 0.2) is 0 Å². The minimum absolute atomic E-state index is 0.0114. The molecule has 0 aromatic carbocycles. The van der Waals surface area contributed by atoms with Crippen molar-refractivity contribution in [3.8, 4) is 0 Å². The first-order chi connectivity index (χ1) is 6.77. The molecule has 0 saturated carbocycles. The van der Waals surface area contributed by atoms with Crippen LogP contribution in [0.4, 0.5) is 0 Å². The number of nitrogens with zero attached hydrogens (tertiary/aromatic N) is 1. The van der Waals surface area contributed by atoms with Crippen LogP contribution in [0.25, 0.3) is 0 Å². The van der Waals surface area contributed by atoms with Gasteiger partial charge in [0.05, 0.1) is 11.1 Å². The highest BCUT2D eigenvalue weighted by Crippen LogP contribution is 2.31. The van der Waals surface area contributed by atoms with Crippen molar-refractivity contribution in [2.45, 2.75) is 11.4 Å². The van der Waals surface area contributed by atoms with E-state index in [1.165, 1.54) is 0 Å². The van der Waals surface area contributed by atoms with Gasteiger partial charge in [0, 0.05) is 11.9 Å². The van der Waals surface area contributed by atoms with Gasteiger partial charge in [0.25, 0.3) is 0 Å². The lowest BCUT2D eigenvalue weighted by Gasteiger charge is -2.09. The van der Waals surface area contributed by atoms with Crippen molar-refractivity contribution >= 4 is 17.7 Å². The number of rotatable bonds is 2. The molecular weight excluding hydrogens is 200 g/mol. The maximum Gasteiger partial charge on any atom is 0.321 e. The van der Waals surface area contributed by atoms with Crippen LogP contribution in [0.3, 0.4) is 0 Å². The second-order valence-corrected chi connectivity index (χ2v) is 4.16. The molecule has 1 aromatic heterocycles. The van der Waals surface area contributed by atoms with Crippen molar-refractivity contribution < 1.29 is 9.90 Å². The standard InChI is InChI=1S/C9H10N2O2S/c12-9(13)7-5-14-8(11-7)6-3-1-2-4-10-6/h1-4,7-8,11H,5H2,(H,12,13)/t7-,8+/m0/s1. The molecule has 74 valence electrons. The summed E-state index contributed by atoms with van der Waals surface area (Å²) in [4.78, 5) is 14.9. The Hall–Kier alpha value is -1.07. The molecule has 1 aliphatic rings. The van der Waals surface area contributed by atoms with Crippen molar-refractivity contribution in [3.63, 3.8) is 0 Å². The molecule has 0 spiro atoms. The number of hydrogen-bond donors (Lipinski definition) is 2. The first-order valence-corrected chi connectivity index (χ1v) is 5.33. The summed E-state index contributed by atoms with van der Waals surface area (Å²) >= 11 is 1.58. The van der Waals surface area contributed by atoms with Crippen molar-refractivity contribution in [1.82, 2.24) is 10.3 Å². The molecule has 5 heteroatoms. The van der Waals surface area contributed by atoms with Crippen molar-refractivity contribution in [2.24, 2.45) is 0 Å². The van der Waals surface area contributed by atoms with Gasteiger partial charge in [0.2, 0.25) is 0 Å². The Balaban J connectivity index is 2.06. The van der Waals surface area contributed by atoms with E-state index in [2.05, 4.69) is 10.3 Å². The van der Waals surface area contributed by atoms with Crippen LogP contribution < -0.4 is 5.32 Å². The predicted octanol–water partition coefficient (Wildman–Crippen LogP) is 0.870. The molecule has 0 amide bonds. The summed E-state index contributed by atoms with van der Waals surface area (Å²) in [5.74, 6) is -0.202. The first kappa shape index (κ1) is 9.48. The molecule has 1 aromatic rings. The topological polar surface area (TPSA) is 62.2 Å². The average molecular weight is 210 g/mol. The lowest BCUT2D eigenvalue weighted by atomic mass is 10.3. The third kappa shape index (κ3) is 1.88. The number of carbonyl (C=O) groups is 1. The Labute approximate surface area is 85.7 Å². The zero-order chi connectivity index (χ0) is 9.97. The molecular formula is C9H10N2O2S. The average Bonchev–Trinajstić information content (AvgIpc) is 2.68. The van der Waals surface area contributed by atoms with Crippen LogP contribution in [0.1, 0.15) is 11.1 Å². The predicted molar refractivity (Wildman–Crippen MR) is 54.0 cm³/mol. The van der Waals surface area contributed by atoms with Gasteiger partial charge in [0.1, 0.15) is 6.04 Å². The Morgan fingerprint density at radius 2 is 2.50 bits per heavy atom. The summed E-state index contributed by atoms with van der Waals surface area (Å²) in [5.41, 5.74) is 0.890. The van der Waals surface area contributed by atoms with Gasteiger partial charge in [-0.25, -0.2) is 0 Å². The normalized spacial score (nSPS) is 26.3. The molecule has 2 heterocycles. The van der Waals surface area contributed by atoms with E-state index >= 15 is 0 Å². The van der Waals surface area contributed by atoms with E-state index in [4.69, 9.17) is 5.11 Å². The summed E-state index contributed by atoms with van der Waals surface area (Å²) in [5, 5.41) is 11.8. The highest BCUT2D eigenvalue weighted by atomic mass is 32.2. The van der Waals surface area contributed by atoms with Crippen LogP contribution in [0, 0.1) is 0 Å². The van der Waals surface area contributed by atoms with Gasteiger partial charge >= 0.3 is 5.97 Å². The highest BCUT2D eigenvalue weighted by Gasteiger charge is 2.30. The van der Waals surface area contributed by atoms with E-state index in [0.717, 1.165) is 5.69 Å². The molecule has 4 nitrogen and oxygen atoms in total. The SMILES string of the molecule is O=C(O)[C@@H]1CS[C@H](c2ccccn2)N1. The molecule has 1 aliphatic heterocycles. The lowest BCUT2D eigenvalue weighted by Crippen LogP contribution is -2.33. The Bertz CT molecular complexity index is 331. The minimum atomic E-state index is -0.795. The number of aromatic nitrogens is 1. The quantitative estimate of drug-likeness (QED) is 0.758. The smallest absolute Gasteiger partial charge is 0.321 e. The summed E-state index contributed by atoms with van der Waals surface area (Å²) < 4.78 is 0. The van der Waals surface area contributed by atoms with E-state index < -0.39 is 12.0 Å². The number of thioether (sulfide) groups is 1. The summed E-state index contributed by atoms with van der Waals surface area (Å²) in [6.07, 6.45) is 1.71. The van der Waals surface area contributed by atoms with E-state index in [1.807, 2.05) is 18.2 Å². The third-order valence-corrected chi connectivity index (χ3v) is 3.27. The number of carboxylic acids is 1. The molecule has 2 N–H and O–H groups in total. The maximum atomic E-state index is 10.7. The highest BCUT2D eigenvalue weighted by molar-refractivity contribution is 7.99. The third-order valence-electron chi connectivity index (χ3n) is 2.04. The first-order valence-electron chi connectivity index (χ1n) is 4.29. The Morgan fingerprint density at radius 1 is 1.64 bits per heavy atom. The zero-order valence-corrected chi connectivity index (χ0v) is 8.20. The van der Waals surface area contributed by atoms with Crippen LogP contribution in [0.2, 0.25) is 0 Å². The molecule has 14 heavy (non-hydrogen) atoms. The fourth-order valence-electron chi connectivity index (χ4n) is 1.32. The zero-order valence-electron chi connectivity index (χ0n) is 7.38. The molecule has 0 aliphatic carbocycles. The van der Waals surface area contributed by atoms with Crippen LogP contribution >= 0.6 is 11.8 Å². The largest absolute Gasteiger partial charge is 0.480 e. The van der Waals surface area contributed by atoms with Gasteiger partial charge < -0.3 is 5.11 Å². The van der Waals surface area contributed by atoms with E-state index in [0.29, 0.717) is 5.75 Å². The second-order valence-electron chi connectivity index (χ2n) is 3.03. The van der Waals surface area contributed by atoms with Gasteiger partial charge in [-0.2, -0.15) is 0 Å². The van der Waals surface area contributed by atoms with Gasteiger partial charge in [-0.05, 0) is 12.1 Å². The van der Waals surface area contributed by atoms with E-state index in [1.54, 1.807) is 18.0 Å². The molecule has 0 radical (unpaired) electrons. The fraction of sp³-hybridized carbons (Fsp3) is 0.333. The van der Waals surface area contributed by atoms with E-state index in [9.17, 15) is 4.79 Å². The van der Waals surface area contributed by atoms with Gasteiger partial charge in [-0.15, -0.1) is 11.8 Å².